The van der Waals surface area contributed by atoms with Crippen LogP contribution in [0.4, 0.5) is 0 Å². The van der Waals surface area contributed by atoms with Crippen molar-refractivity contribution in [3.63, 3.8) is 0 Å². The van der Waals surface area contributed by atoms with E-state index in [-0.39, 0.29) is 0 Å². The zero-order valence-electron chi connectivity index (χ0n) is 27.3. The quantitative estimate of drug-likeness (QED) is 0.245. The molecule has 4 heteroatoms. The molecule has 0 amide bonds. The summed E-state index contributed by atoms with van der Waals surface area (Å²) < 4.78 is 0. The smallest absolute Gasteiger partial charge is 0.0699 e. The van der Waals surface area contributed by atoms with Crippen molar-refractivity contribution < 1.29 is 0 Å². The van der Waals surface area contributed by atoms with Crippen LogP contribution < -0.4 is 0 Å². The van der Waals surface area contributed by atoms with Gasteiger partial charge in [-0.05, 0) is 121 Å². The molecule has 1 saturated carbocycles. The molecule has 12 aliphatic carbocycles. The molecule has 48 heavy (non-hydrogen) atoms. The second-order valence-corrected chi connectivity index (χ2v) is 16.7. The lowest BCUT2D eigenvalue weighted by molar-refractivity contribution is 0.250. The van der Waals surface area contributed by atoms with Crippen LogP contribution in [0.5, 0.6) is 0 Å². The second-order valence-electron chi connectivity index (χ2n) is 16.7. The summed E-state index contributed by atoms with van der Waals surface area (Å²) in [7, 11) is 0. The summed E-state index contributed by atoms with van der Waals surface area (Å²) in [6, 6.07) is 9.92. The number of hydrogen-bond donors (Lipinski definition) is 2. The number of aromatic amines is 2. The fourth-order valence-electron chi connectivity index (χ4n) is 12.5. The molecule has 3 aromatic rings. The lowest BCUT2D eigenvalue weighted by atomic mass is 9.61. The van der Waals surface area contributed by atoms with Gasteiger partial charge in [-0.2, -0.15) is 0 Å². The van der Waals surface area contributed by atoms with Crippen LogP contribution in [0.25, 0.3) is 33.2 Å². The first-order chi connectivity index (χ1) is 23.7. The minimum atomic E-state index is 0.467. The van der Waals surface area contributed by atoms with Gasteiger partial charge < -0.3 is 9.97 Å². The Morgan fingerprint density at radius 3 is 1.15 bits per heavy atom. The van der Waals surface area contributed by atoms with E-state index in [1.165, 1.54) is 130 Å². The molecular weight excluding hydrogens is 585 g/mol. The molecule has 10 unspecified atom stereocenters. The minimum absolute atomic E-state index is 0.467. The molecule has 14 aliphatic rings. The largest absolute Gasteiger partial charge is 0.355 e. The summed E-state index contributed by atoms with van der Waals surface area (Å²) in [6.45, 7) is 0. The molecule has 236 valence electrons. The van der Waals surface area contributed by atoms with Gasteiger partial charge >= 0.3 is 0 Å². The average molecular weight is 625 g/mol. The topological polar surface area (TPSA) is 57.4 Å². The molecule has 3 aromatic heterocycles. The van der Waals surface area contributed by atoms with Gasteiger partial charge in [0.25, 0.3) is 0 Å². The van der Waals surface area contributed by atoms with E-state index in [1.807, 2.05) is 0 Å². The van der Waals surface area contributed by atoms with Crippen molar-refractivity contribution in [2.45, 2.75) is 86.9 Å². The molecule has 2 aliphatic heterocycles. The predicted octanol–water partition coefficient (Wildman–Crippen LogP) is 10.3. The maximum Gasteiger partial charge on any atom is 0.0699 e. The molecule has 1 fully saturated rings. The fraction of sp³-hybridized carbons (Fsp3) is 0.409. The van der Waals surface area contributed by atoms with Gasteiger partial charge in [-0.15, -0.1) is 0 Å². The summed E-state index contributed by atoms with van der Waals surface area (Å²) in [4.78, 5) is 19.4. The highest BCUT2D eigenvalue weighted by Gasteiger charge is 2.47. The Balaban J connectivity index is 1.18. The first kappa shape index (κ1) is 25.8. The Morgan fingerprint density at radius 2 is 0.771 bits per heavy atom. The number of allylic oxidation sites excluding steroid dienone is 10. The molecule has 0 saturated heterocycles. The maximum atomic E-state index is 5.66. The number of rotatable bonds is 0. The molecule has 0 aromatic carbocycles. The van der Waals surface area contributed by atoms with Crippen molar-refractivity contribution >= 4 is 33.2 Å². The van der Waals surface area contributed by atoms with E-state index in [0.29, 0.717) is 59.2 Å². The number of aromatic nitrogens is 4. The highest BCUT2D eigenvalue weighted by molar-refractivity contribution is 5.98. The Morgan fingerprint density at radius 1 is 0.396 bits per heavy atom. The van der Waals surface area contributed by atoms with E-state index in [0.717, 1.165) is 0 Å². The second kappa shape index (κ2) is 8.88. The monoisotopic (exact) mass is 624 g/mol. The molecule has 10 atom stereocenters. The van der Waals surface area contributed by atoms with E-state index in [9.17, 15) is 0 Å². The molecule has 4 nitrogen and oxygen atoms in total. The first-order valence-corrected chi connectivity index (χ1v) is 19.0. The van der Waals surface area contributed by atoms with Crippen molar-refractivity contribution in [2.75, 3.05) is 0 Å². The van der Waals surface area contributed by atoms with Crippen LogP contribution >= 0.6 is 0 Å². The summed E-state index contributed by atoms with van der Waals surface area (Å²) >= 11 is 0. The number of H-pyrrole nitrogens is 2. The minimum Gasteiger partial charge on any atom is -0.355 e. The van der Waals surface area contributed by atoms with Crippen molar-refractivity contribution in [3.05, 3.63) is 118 Å². The Labute approximate surface area is 280 Å². The normalized spacial score (nSPS) is 36.5. The van der Waals surface area contributed by atoms with E-state index in [2.05, 4.69) is 82.8 Å². The van der Waals surface area contributed by atoms with Crippen molar-refractivity contribution in [1.29, 1.82) is 0 Å². The third-order valence-corrected chi connectivity index (χ3v) is 14.5. The number of fused-ring (bicyclic) bond motifs is 12. The molecular formula is C44H40N4. The van der Waals surface area contributed by atoms with Crippen molar-refractivity contribution in [2.24, 2.45) is 23.7 Å². The standard InChI is InChI=1S/C44H40N4/c1-2-22-4-3-21(1)37-29-17-31-39-23-5-7-25(8-6-23)41(39)33(46-31)19-35-43-27-13-15-28(16-14-27)44(43)36(48-35)20-34-42-26-11-9-24(10-12-26)40(42)32(47-34)18-30(45-29)38(22)37/h1-2,5,7,9,11,13,15,17-28,37-38,46-47H,3-4,6,8,10,12,14,16H2. The van der Waals surface area contributed by atoms with Crippen molar-refractivity contribution in [1.82, 2.24) is 19.9 Å². The summed E-state index contributed by atoms with van der Waals surface area (Å²) in [5.74, 6) is 4.99. The van der Waals surface area contributed by atoms with Gasteiger partial charge in [0.05, 0.1) is 11.4 Å². The Hall–Kier alpha value is -4.18. The SMILES string of the molecule is C1=CC2CCC1C1=C2c2cc3[nH]c(cc4nc(cc5[nH]c(cc1n2)c1c5C2C=CC1CC2)C1C2C=CC(CC2)C41)c1c3C2C=CC1CC2. The first-order valence-electron chi connectivity index (χ1n) is 19.0. The van der Waals surface area contributed by atoms with Crippen molar-refractivity contribution in [3.8, 4) is 0 Å². The van der Waals surface area contributed by atoms with Crippen LogP contribution in [0.15, 0.2) is 72.9 Å². The van der Waals surface area contributed by atoms with Gasteiger partial charge in [0.15, 0.2) is 0 Å². The van der Waals surface area contributed by atoms with Gasteiger partial charge in [0, 0.05) is 80.8 Å². The van der Waals surface area contributed by atoms with Crippen LogP contribution in [-0.4, -0.2) is 19.9 Å². The number of hydrogen-bond acceptors (Lipinski definition) is 2. The summed E-state index contributed by atoms with van der Waals surface area (Å²) in [5.41, 5.74) is 19.3. The van der Waals surface area contributed by atoms with E-state index < -0.39 is 0 Å². The highest BCUT2D eigenvalue weighted by atomic mass is 14.8. The number of nitrogens with zero attached hydrogens (tertiary/aromatic N) is 2. The Bertz CT molecular complexity index is 2180. The molecule has 2 N–H and O–H groups in total. The average Bonchev–Trinajstić information content (AvgIpc) is 3.92. The molecule has 5 heterocycles. The van der Waals surface area contributed by atoms with E-state index >= 15 is 0 Å². The summed E-state index contributed by atoms with van der Waals surface area (Å²) in [5, 5.41) is 0. The molecule has 17 rings (SSSR count). The Kier molecular flexibility index (Phi) is 4.77. The van der Waals surface area contributed by atoms with Crippen LogP contribution in [0.2, 0.25) is 0 Å². The molecule has 0 spiro atoms. The fourth-order valence-corrected chi connectivity index (χ4v) is 12.5. The van der Waals surface area contributed by atoms with Gasteiger partial charge in [-0.1, -0.05) is 48.6 Å². The van der Waals surface area contributed by atoms with Gasteiger partial charge in [-0.3, -0.25) is 4.98 Å². The third kappa shape index (κ3) is 3.19. The predicted molar refractivity (Wildman–Crippen MR) is 192 cm³/mol. The van der Waals surface area contributed by atoms with Crippen LogP contribution in [0.1, 0.15) is 132 Å². The van der Waals surface area contributed by atoms with Gasteiger partial charge in [-0.25, -0.2) is 4.98 Å². The van der Waals surface area contributed by atoms with Crippen LogP contribution in [0, 0.1) is 23.7 Å². The zero-order chi connectivity index (χ0) is 30.8. The van der Waals surface area contributed by atoms with E-state index in [1.54, 1.807) is 0 Å². The molecule has 16 bridgehead atoms. The van der Waals surface area contributed by atoms with E-state index in [4.69, 9.17) is 9.97 Å². The zero-order valence-corrected chi connectivity index (χ0v) is 27.3. The van der Waals surface area contributed by atoms with Gasteiger partial charge in [0.1, 0.15) is 0 Å². The third-order valence-electron chi connectivity index (χ3n) is 14.5. The lowest BCUT2D eigenvalue weighted by Gasteiger charge is -2.41. The summed E-state index contributed by atoms with van der Waals surface area (Å²) in [6.07, 6.45) is 30.1. The number of nitrogens with one attached hydrogen (secondary N) is 2. The highest BCUT2D eigenvalue weighted by Crippen LogP contribution is 2.58. The van der Waals surface area contributed by atoms with Gasteiger partial charge in [0.2, 0.25) is 0 Å². The molecule has 0 radical (unpaired) electrons. The van der Waals surface area contributed by atoms with Crippen LogP contribution in [-0.2, 0) is 0 Å². The lowest BCUT2D eigenvalue weighted by Crippen LogP contribution is -2.31. The van der Waals surface area contributed by atoms with Crippen LogP contribution in [0.3, 0.4) is 0 Å². The maximum absolute atomic E-state index is 5.66.